The molecule has 1 N–H and O–H groups in total. The van der Waals surface area contributed by atoms with Crippen LogP contribution in [0.3, 0.4) is 0 Å². The zero-order valence-corrected chi connectivity index (χ0v) is 9.03. The number of aliphatic imine (C=N–C) groups is 1. The highest BCUT2D eigenvalue weighted by atomic mass is 16.5. The number of hydrogen-bond donors (Lipinski definition) is 1. The Morgan fingerprint density at radius 1 is 1.67 bits per heavy atom. The molecule has 0 aromatic carbocycles. The molecule has 0 aromatic heterocycles. The Labute approximate surface area is 88.8 Å². The number of nitrogens with zero attached hydrogens (tertiary/aromatic N) is 1. The van der Waals surface area contributed by atoms with Gasteiger partial charge in [0.25, 0.3) is 0 Å². The summed E-state index contributed by atoms with van der Waals surface area (Å²) < 4.78 is 10.1. The Kier molecular flexibility index (Phi) is 2.90. The molecular weight excluding hydrogens is 196 g/mol. The second kappa shape index (κ2) is 4.18. The lowest BCUT2D eigenvalue weighted by Gasteiger charge is -2.20. The Morgan fingerprint density at radius 2 is 2.47 bits per heavy atom. The normalized spacial score (nSPS) is 34.8. The predicted octanol–water partition coefficient (Wildman–Crippen LogP) is -0.0453. The summed E-state index contributed by atoms with van der Waals surface area (Å²) in [7, 11) is 1.40. The van der Waals surface area contributed by atoms with E-state index in [-0.39, 0.29) is 18.1 Å². The molecule has 15 heavy (non-hydrogen) atoms. The van der Waals surface area contributed by atoms with Crippen LogP contribution in [0.1, 0.15) is 13.3 Å². The third-order valence-electron chi connectivity index (χ3n) is 2.95. The van der Waals surface area contributed by atoms with Crippen LogP contribution in [-0.2, 0) is 14.3 Å². The van der Waals surface area contributed by atoms with Crippen LogP contribution in [-0.4, -0.2) is 44.2 Å². The molecule has 5 heteroatoms. The van der Waals surface area contributed by atoms with Gasteiger partial charge >= 0.3 is 5.97 Å². The van der Waals surface area contributed by atoms with E-state index in [0.717, 1.165) is 18.9 Å². The van der Waals surface area contributed by atoms with E-state index in [0.29, 0.717) is 12.5 Å². The molecule has 84 valence electrons. The number of ether oxygens (including phenoxy) is 2. The number of carbonyl (C=O) groups excluding carboxylic acids is 1. The van der Waals surface area contributed by atoms with Crippen molar-refractivity contribution in [3.05, 3.63) is 0 Å². The fourth-order valence-corrected chi connectivity index (χ4v) is 2.17. The quantitative estimate of drug-likeness (QED) is 0.652. The molecule has 0 aliphatic carbocycles. The zero-order chi connectivity index (χ0) is 10.8. The molecule has 2 aliphatic rings. The van der Waals surface area contributed by atoms with E-state index < -0.39 is 0 Å². The molecule has 2 aliphatic heterocycles. The van der Waals surface area contributed by atoms with Gasteiger partial charge in [0.05, 0.1) is 25.6 Å². The molecule has 0 radical (unpaired) electrons. The first kappa shape index (κ1) is 10.4. The fourth-order valence-electron chi connectivity index (χ4n) is 2.17. The molecule has 0 aromatic rings. The number of amidine groups is 1. The van der Waals surface area contributed by atoms with E-state index in [1.165, 1.54) is 7.11 Å². The molecule has 5 nitrogen and oxygen atoms in total. The highest BCUT2D eigenvalue weighted by Crippen LogP contribution is 2.25. The summed E-state index contributed by atoms with van der Waals surface area (Å²) in [6, 6.07) is -0.360. The summed E-state index contributed by atoms with van der Waals surface area (Å²) in [6.07, 6.45) is 0.969. The van der Waals surface area contributed by atoms with Gasteiger partial charge in [0, 0.05) is 12.5 Å². The van der Waals surface area contributed by atoms with Crippen LogP contribution in [0.25, 0.3) is 0 Å². The lowest BCUT2D eigenvalue weighted by atomic mass is 9.94. The van der Waals surface area contributed by atoms with Crippen LogP contribution in [0.5, 0.6) is 0 Å². The van der Waals surface area contributed by atoms with Crippen molar-refractivity contribution >= 4 is 11.8 Å². The van der Waals surface area contributed by atoms with E-state index in [9.17, 15) is 4.79 Å². The summed E-state index contributed by atoms with van der Waals surface area (Å²) in [6.45, 7) is 3.33. The van der Waals surface area contributed by atoms with Crippen molar-refractivity contribution in [1.82, 2.24) is 5.32 Å². The van der Waals surface area contributed by atoms with Gasteiger partial charge in [-0.25, -0.2) is 4.79 Å². The third-order valence-corrected chi connectivity index (χ3v) is 2.95. The summed E-state index contributed by atoms with van der Waals surface area (Å²) in [4.78, 5) is 16.0. The van der Waals surface area contributed by atoms with E-state index >= 15 is 0 Å². The minimum absolute atomic E-state index is 0.0278. The summed E-state index contributed by atoms with van der Waals surface area (Å²) >= 11 is 0. The van der Waals surface area contributed by atoms with Gasteiger partial charge in [0.2, 0.25) is 0 Å². The molecule has 1 saturated heterocycles. The molecule has 0 spiro atoms. The molecule has 0 amide bonds. The smallest absolute Gasteiger partial charge is 0.330 e. The van der Waals surface area contributed by atoms with E-state index in [1.54, 1.807) is 0 Å². The lowest BCUT2D eigenvalue weighted by Crippen LogP contribution is -2.45. The molecule has 3 unspecified atom stereocenters. The second-order valence-electron chi connectivity index (χ2n) is 3.97. The van der Waals surface area contributed by atoms with Crippen LogP contribution in [0.2, 0.25) is 0 Å². The van der Waals surface area contributed by atoms with Crippen molar-refractivity contribution in [1.29, 1.82) is 0 Å². The number of carbonyl (C=O) groups is 1. The van der Waals surface area contributed by atoms with Crippen molar-refractivity contribution in [2.75, 3.05) is 20.3 Å². The first-order valence-corrected chi connectivity index (χ1v) is 5.19. The maximum Gasteiger partial charge on any atom is 0.330 e. The number of rotatable bonds is 2. The van der Waals surface area contributed by atoms with Crippen LogP contribution < -0.4 is 5.32 Å². The Bertz CT molecular complexity index is 284. The van der Waals surface area contributed by atoms with Gasteiger partial charge in [-0.1, -0.05) is 0 Å². The number of esters is 1. The average molecular weight is 212 g/mol. The van der Waals surface area contributed by atoms with Crippen LogP contribution in [0.15, 0.2) is 4.99 Å². The highest BCUT2D eigenvalue weighted by Gasteiger charge is 2.40. The van der Waals surface area contributed by atoms with Crippen molar-refractivity contribution in [2.45, 2.75) is 25.4 Å². The maximum absolute atomic E-state index is 11.5. The third kappa shape index (κ3) is 1.97. The van der Waals surface area contributed by atoms with Crippen molar-refractivity contribution < 1.29 is 14.3 Å². The number of nitrogens with one attached hydrogen (secondary N) is 1. The molecule has 3 atom stereocenters. The first-order chi connectivity index (χ1) is 7.22. The van der Waals surface area contributed by atoms with Gasteiger partial charge in [0.15, 0.2) is 0 Å². The predicted molar refractivity (Wildman–Crippen MR) is 54.8 cm³/mol. The summed E-state index contributed by atoms with van der Waals surface area (Å²) in [5, 5.41) is 3.05. The monoisotopic (exact) mass is 212 g/mol. The number of methoxy groups -OCH3 is 1. The molecule has 2 heterocycles. The SMILES string of the molecule is COC(=O)C1NC(C)=NC1C1CCOC1. The summed E-state index contributed by atoms with van der Waals surface area (Å²) in [5.74, 6) is 0.897. The van der Waals surface area contributed by atoms with E-state index in [2.05, 4.69) is 10.3 Å². The van der Waals surface area contributed by atoms with Gasteiger partial charge in [-0.15, -0.1) is 0 Å². The first-order valence-electron chi connectivity index (χ1n) is 5.19. The molecular formula is C10H16N2O3. The summed E-state index contributed by atoms with van der Waals surface area (Å²) in [5.41, 5.74) is 0. The number of hydrogen-bond acceptors (Lipinski definition) is 5. The zero-order valence-electron chi connectivity index (χ0n) is 9.03. The van der Waals surface area contributed by atoms with E-state index in [1.807, 2.05) is 6.92 Å². The average Bonchev–Trinajstić information content (AvgIpc) is 2.84. The van der Waals surface area contributed by atoms with Crippen LogP contribution in [0.4, 0.5) is 0 Å². The van der Waals surface area contributed by atoms with Gasteiger partial charge in [0.1, 0.15) is 6.04 Å². The van der Waals surface area contributed by atoms with Crippen LogP contribution >= 0.6 is 0 Å². The Morgan fingerprint density at radius 3 is 3.07 bits per heavy atom. The highest BCUT2D eigenvalue weighted by molar-refractivity contribution is 5.90. The Balaban J connectivity index is 2.08. The van der Waals surface area contributed by atoms with E-state index in [4.69, 9.17) is 9.47 Å². The molecule has 0 bridgehead atoms. The molecule has 0 saturated carbocycles. The van der Waals surface area contributed by atoms with Crippen LogP contribution in [0, 0.1) is 5.92 Å². The molecule has 2 rings (SSSR count). The second-order valence-corrected chi connectivity index (χ2v) is 3.97. The minimum Gasteiger partial charge on any atom is -0.467 e. The topological polar surface area (TPSA) is 59.9 Å². The maximum atomic E-state index is 11.5. The van der Waals surface area contributed by atoms with Crippen molar-refractivity contribution in [3.8, 4) is 0 Å². The lowest BCUT2D eigenvalue weighted by molar-refractivity contribution is -0.143. The largest absolute Gasteiger partial charge is 0.467 e. The van der Waals surface area contributed by atoms with Gasteiger partial charge in [-0.2, -0.15) is 0 Å². The van der Waals surface area contributed by atoms with Gasteiger partial charge < -0.3 is 14.8 Å². The van der Waals surface area contributed by atoms with Crippen molar-refractivity contribution in [3.63, 3.8) is 0 Å². The van der Waals surface area contributed by atoms with Gasteiger partial charge in [-0.05, 0) is 13.3 Å². The van der Waals surface area contributed by atoms with Gasteiger partial charge in [-0.3, -0.25) is 4.99 Å². The van der Waals surface area contributed by atoms with Crippen molar-refractivity contribution in [2.24, 2.45) is 10.9 Å². The minimum atomic E-state index is -0.332. The standard InChI is InChI=1S/C10H16N2O3/c1-6-11-8(7-3-4-15-5-7)9(12-6)10(13)14-2/h7-9H,3-5H2,1-2H3,(H,11,12). The Hall–Kier alpha value is -1.10. The fraction of sp³-hybridized carbons (Fsp3) is 0.800. The molecule has 1 fully saturated rings.